The molecule has 3 atom stereocenters. The fourth-order valence-corrected chi connectivity index (χ4v) is 4.45. The van der Waals surface area contributed by atoms with Gasteiger partial charge in [-0.3, -0.25) is 4.79 Å². The minimum Gasteiger partial charge on any atom is -0.391 e. The van der Waals surface area contributed by atoms with Gasteiger partial charge in [-0.05, 0) is 36.8 Å². The fourth-order valence-electron chi connectivity index (χ4n) is 4.22. The molecule has 2 aliphatic rings. The lowest BCUT2D eigenvalue weighted by molar-refractivity contribution is -0.143. The van der Waals surface area contributed by atoms with Crippen molar-refractivity contribution < 1.29 is 32.3 Å². The van der Waals surface area contributed by atoms with Crippen molar-refractivity contribution in [3.05, 3.63) is 63.9 Å². The summed E-state index contributed by atoms with van der Waals surface area (Å²) in [6.07, 6.45) is -7.01. The van der Waals surface area contributed by atoms with Gasteiger partial charge in [-0.15, -0.1) is 0 Å². The third-order valence-electron chi connectivity index (χ3n) is 5.55. The lowest BCUT2D eigenvalue weighted by atomic mass is 9.96. The number of carbonyl (C=O) groups excluding carboxylic acids is 2. The molecule has 3 N–H and O–H groups in total. The van der Waals surface area contributed by atoms with Gasteiger partial charge in [0.2, 0.25) is 0 Å². The van der Waals surface area contributed by atoms with Crippen molar-refractivity contribution in [3.63, 3.8) is 0 Å². The third kappa shape index (κ3) is 4.37. The van der Waals surface area contributed by atoms with Crippen LogP contribution in [0.3, 0.4) is 0 Å². The van der Waals surface area contributed by atoms with Gasteiger partial charge in [-0.25, -0.2) is 9.18 Å². The number of alkyl halides is 3. The van der Waals surface area contributed by atoms with Gasteiger partial charge in [0.1, 0.15) is 5.82 Å². The fraction of sp³-hybridized carbons (Fsp3) is 0.333. The van der Waals surface area contributed by atoms with E-state index in [1.165, 1.54) is 24.3 Å². The van der Waals surface area contributed by atoms with E-state index in [0.717, 1.165) is 17.0 Å². The molecule has 0 aromatic heterocycles. The smallest absolute Gasteiger partial charge is 0.391 e. The first-order chi connectivity index (χ1) is 15.0. The number of β-amino-alcohol motifs (C(OH)–C–C–N with tert-alkyl or cyclic N) is 1. The first kappa shape index (κ1) is 22.3. The van der Waals surface area contributed by atoms with Crippen molar-refractivity contribution in [2.24, 2.45) is 0 Å². The highest BCUT2D eigenvalue weighted by atomic mass is 35.5. The number of rotatable bonds is 3. The molecule has 2 aromatic carbocycles. The van der Waals surface area contributed by atoms with E-state index in [-0.39, 0.29) is 34.8 Å². The Morgan fingerprint density at radius 1 is 1.28 bits per heavy atom. The Bertz CT molecular complexity index is 1080. The van der Waals surface area contributed by atoms with Gasteiger partial charge in [0.05, 0.1) is 18.6 Å². The first-order valence-electron chi connectivity index (χ1n) is 9.74. The second kappa shape index (κ2) is 8.25. The number of nitrogens with zero attached hydrogens (tertiary/aromatic N) is 1. The van der Waals surface area contributed by atoms with E-state index < -0.39 is 48.5 Å². The Kier molecular flexibility index (Phi) is 5.76. The summed E-state index contributed by atoms with van der Waals surface area (Å²) < 4.78 is 52.5. The molecule has 2 aromatic rings. The van der Waals surface area contributed by atoms with Gasteiger partial charge in [-0.1, -0.05) is 17.7 Å². The molecule has 32 heavy (non-hydrogen) atoms. The van der Waals surface area contributed by atoms with Gasteiger partial charge in [0.25, 0.3) is 5.91 Å². The lowest BCUT2D eigenvalue weighted by Crippen LogP contribution is -2.41. The number of benzene rings is 2. The topological polar surface area (TPSA) is 81.7 Å². The van der Waals surface area contributed by atoms with E-state index in [4.69, 9.17) is 11.6 Å². The normalized spacial score (nSPS) is 22.6. The number of aliphatic hydroxyl groups is 1. The van der Waals surface area contributed by atoms with Crippen LogP contribution in [0.2, 0.25) is 5.02 Å². The average Bonchev–Trinajstić information content (AvgIpc) is 3.23. The number of urea groups is 1. The second-order valence-electron chi connectivity index (χ2n) is 7.78. The molecule has 2 aliphatic heterocycles. The molecule has 170 valence electrons. The van der Waals surface area contributed by atoms with Crippen LogP contribution in [-0.2, 0) is 0 Å². The molecular formula is C21H18ClF4N3O3. The Labute approximate surface area is 185 Å². The number of likely N-dealkylation sites (tertiary alicyclic amines) is 1. The van der Waals surface area contributed by atoms with Crippen LogP contribution in [0, 0.1) is 5.82 Å². The number of hydrogen-bond acceptors (Lipinski definition) is 3. The summed E-state index contributed by atoms with van der Waals surface area (Å²) in [4.78, 5) is 26.2. The molecule has 6 nitrogen and oxygen atoms in total. The summed E-state index contributed by atoms with van der Waals surface area (Å²) in [7, 11) is 0. The molecule has 1 saturated heterocycles. The standard InChI is InChI=1S/C21H18ClF4N3O3/c22-15-5-4-10(23)6-14(15)18-17-13(19(31)28-18)2-1-3-16(17)27-20(32)29-9-12(30)7-11(29)8-21(24,25)26/h1-6,11-12,18,30H,7-9H2,(H,27,32)(H,28,31)/t11-,12+,18-/m1/s1. The zero-order valence-corrected chi connectivity index (χ0v) is 17.2. The summed E-state index contributed by atoms with van der Waals surface area (Å²) in [5.41, 5.74) is 0.988. The highest BCUT2D eigenvalue weighted by molar-refractivity contribution is 6.31. The van der Waals surface area contributed by atoms with E-state index >= 15 is 0 Å². The highest BCUT2D eigenvalue weighted by Gasteiger charge is 2.42. The SMILES string of the molecule is O=C1N[C@H](c2cc(F)ccc2Cl)c2c(NC(=O)N3C[C@@H](O)C[C@@H]3CC(F)(F)F)cccc21. The zero-order valence-electron chi connectivity index (χ0n) is 16.4. The van der Waals surface area contributed by atoms with Gasteiger partial charge in [-0.2, -0.15) is 13.2 Å². The average molecular weight is 472 g/mol. The summed E-state index contributed by atoms with van der Waals surface area (Å²) in [6.45, 7) is -0.252. The minimum absolute atomic E-state index is 0.170. The van der Waals surface area contributed by atoms with Gasteiger partial charge in [0, 0.05) is 40.0 Å². The molecule has 0 aliphatic carbocycles. The number of hydrogen-bond donors (Lipinski definition) is 3. The lowest BCUT2D eigenvalue weighted by Gasteiger charge is -2.26. The van der Waals surface area contributed by atoms with Crippen LogP contribution >= 0.6 is 11.6 Å². The van der Waals surface area contributed by atoms with Gasteiger partial charge >= 0.3 is 12.2 Å². The number of nitrogens with one attached hydrogen (secondary N) is 2. The molecule has 1 fully saturated rings. The maximum absolute atomic E-state index is 13.8. The van der Waals surface area contributed by atoms with Crippen LogP contribution in [0.15, 0.2) is 36.4 Å². The predicted molar refractivity (Wildman–Crippen MR) is 108 cm³/mol. The van der Waals surface area contributed by atoms with Crippen molar-refractivity contribution in [2.45, 2.75) is 37.2 Å². The van der Waals surface area contributed by atoms with Crippen molar-refractivity contribution in [3.8, 4) is 0 Å². The Morgan fingerprint density at radius 3 is 2.75 bits per heavy atom. The Balaban J connectivity index is 1.66. The van der Waals surface area contributed by atoms with Gasteiger partial charge < -0.3 is 20.6 Å². The number of fused-ring (bicyclic) bond motifs is 1. The molecule has 0 saturated carbocycles. The third-order valence-corrected chi connectivity index (χ3v) is 5.89. The predicted octanol–water partition coefficient (Wildman–Crippen LogP) is 4.23. The molecule has 3 amide bonds. The van der Waals surface area contributed by atoms with Gasteiger partial charge in [0.15, 0.2) is 0 Å². The van der Waals surface area contributed by atoms with E-state index in [0.29, 0.717) is 5.56 Å². The molecule has 2 heterocycles. The molecule has 0 bridgehead atoms. The molecule has 4 rings (SSSR count). The Morgan fingerprint density at radius 2 is 2.03 bits per heavy atom. The van der Waals surface area contributed by atoms with E-state index in [1.54, 1.807) is 0 Å². The zero-order chi connectivity index (χ0) is 23.2. The van der Waals surface area contributed by atoms with Crippen LogP contribution in [0.1, 0.15) is 40.4 Å². The largest absolute Gasteiger partial charge is 0.391 e. The van der Waals surface area contributed by atoms with Crippen molar-refractivity contribution in [1.82, 2.24) is 10.2 Å². The number of amides is 3. The van der Waals surface area contributed by atoms with Crippen LogP contribution in [0.5, 0.6) is 0 Å². The molecule has 0 spiro atoms. The van der Waals surface area contributed by atoms with E-state index in [1.807, 2.05) is 0 Å². The molecule has 0 unspecified atom stereocenters. The van der Waals surface area contributed by atoms with Crippen molar-refractivity contribution in [1.29, 1.82) is 0 Å². The maximum Gasteiger partial charge on any atom is 0.391 e. The number of aliphatic hydroxyl groups excluding tert-OH is 1. The number of anilines is 1. The molecular weight excluding hydrogens is 454 g/mol. The minimum atomic E-state index is -4.50. The highest BCUT2D eigenvalue weighted by Crippen LogP contribution is 2.39. The van der Waals surface area contributed by atoms with Crippen LogP contribution in [0.4, 0.5) is 28.0 Å². The summed E-state index contributed by atoms with van der Waals surface area (Å²) >= 11 is 6.20. The van der Waals surface area contributed by atoms with Crippen molar-refractivity contribution in [2.75, 3.05) is 11.9 Å². The molecule has 0 radical (unpaired) electrons. The van der Waals surface area contributed by atoms with Crippen LogP contribution in [0.25, 0.3) is 0 Å². The Hall–Kier alpha value is -2.85. The van der Waals surface area contributed by atoms with Crippen LogP contribution in [-0.4, -0.2) is 46.8 Å². The quantitative estimate of drug-likeness (QED) is 0.586. The summed E-state index contributed by atoms with van der Waals surface area (Å²) in [5.74, 6) is -1.04. The number of carbonyl (C=O) groups is 2. The second-order valence-corrected chi connectivity index (χ2v) is 8.19. The molecule has 11 heteroatoms. The van der Waals surface area contributed by atoms with E-state index in [9.17, 15) is 32.3 Å². The summed E-state index contributed by atoms with van der Waals surface area (Å²) in [6, 6.07) is 5.26. The maximum atomic E-state index is 13.8. The van der Waals surface area contributed by atoms with E-state index in [2.05, 4.69) is 10.6 Å². The monoisotopic (exact) mass is 471 g/mol. The number of halogens is 5. The summed E-state index contributed by atoms with van der Waals surface area (Å²) in [5, 5.41) is 15.3. The van der Waals surface area contributed by atoms with Crippen molar-refractivity contribution >= 4 is 29.2 Å². The first-order valence-corrected chi connectivity index (χ1v) is 10.1. The van der Waals surface area contributed by atoms with Crippen LogP contribution < -0.4 is 10.6 Å².